The first kappa shape index (κ1) is 29.4. The third-order valence-corrected chi connectivity index (χ3v) is 10.2. The number of nitrogens with zero attached hydrogens (tertiary/aromatic N) is 4. The molecule has 10 heteroatoms. The van der Waals surface area contributed by atoms with Crippen LogP contribution in [-0.4, -0.2) is 19.6 Å². The van der Waals surface area contributed by atoms with Crippen LogP contribution in [0.25, 0.3) is 54.1 Å². The molecule has 4 aromatic carbocycles. The molecule has 4 heterocycles. The average molecular weight is 668 g/mol. The van der Waals surface area contributed by atoms with Crippen molar-refractivity contribution >= 4 is 66.0 Å². The van der Waals surface area contributed by atoms with Crippen molar-refractivity contribution in [3.63, 3.8) is 0 Å². The van der Waals surface area contributed by atoms with Crippen LogP contribution in [0.3, 0.4) is 0 Å². The molecule has 0 N–H and O–H groups in total. The van der Waals surface area contributed by atoms with Gasteiger partial charge in [0.1, 0.15) is 11.4 Å². The minimum absolute atomic E-state index is 0.0838. The Bertz CT molecular complexity index is 2440. The van der Waals surface area contributed by atoms with Gasteiger partial charge in [0.2, 0.25) is 0 Å². The standard InChI is InChI=1S/C18H13ClN2OS.C17H11ClN2OS/c1-10-3-8-15-14(9-10)17-16(11(2)23-15)18(22)21(20-17)13-6-4-12(19)5-7-13;1-10-15-16(13-7-2-3-8-14(13)22-10)19-20(17(15)21)12-6-4-5-11(18)9-12/h3-9H,1-2H3;2-9H,1H3. The Labute approximate surface area is 276 Å². The van der Waals surface area contributed by atoms with Crippen LogP contribution < -0.4 is 11.1 Å². The molecule has 0 aromatic heterocycles. The van der Waals surface area contributed by atoms with Crippen LogP contribution in [0.5, 0.6) is 0 Å². The van der Waals surface area contributed by atoms with Gasteiger partial charge in [-0.15, -0.1) is 22.7 Å². The number of aromatic nitrogens is 4. The van der Waals surface area contributed by atoms with Crippen LogP contribution in [0.2, 0.25) is 10.0 Å². The molecule has 0 saturated heterocycles. The lowest BCUT2D eigenvalue weighted by Crippen LogP contribution is -2.14. The van der Waals surface area contributed by atoms with E-state index in [-0.39, 0.29) is 11.1 Å². The third-order valence-electron chi connectivity index (χ3n) is 7.57. The molecule has 0 aliphatic carbocycles. The lowest BCUT2D eigenvalue weighted by Gasteiger charge is -2.05. The van der Waals surface area contributed by atoms with Crippen LogP contribution >= 0.6 is 45.9 Å². The van der Waals surface area contributed by atoms with E-state index in [9.17, 15) is 9.59 Å². The van der Waals surface area contributed by atoms with Gasteiger partial charge in [-0.05, 0) is 81.4 Å². The van der Waals surface area contributed by atoms with Gasteiger partial charge in [-0.3, -0.25) is 9.59 Å². The number of hydrogen-bond acceptors (Lipinski definition) is 6. The van der Waals surface area contributed by atoms with Gasteiger partial charge in [-0.2, -0.15) is 19.6 Å². The molecule has 6 nitrogen and oxygen atoms in total. The molecule has 0 atom stereocenters. The second-order valence-corrected chi connectivity index (χ2v) is 14.0. The predicted octanol–water partition coefficient (Wildman–Crippen LogP) is 9.34. The first-order chi connectivity index (χ1) is 21.7. The zero-order chi connectivity index (χ0) is 31.4. The van der Waals surface area contributed by atoms with Crippen molar-refractivity contribution in [2.24, 2.45) is 0 Å². The molecular formula is C35H24Cl2N4O2S2. The fourth-order valence-electron chi connectivity index (χ4n) is 5.46. The summed E-state index contributed by atoms with van der Waals surface area (Å²) in [4.78, 5) is 27.6. The lowest BCUT2D eigenvalue weighted by atomic mass is 10.1. The molecule has 0 fully saturated rings. The summed E-state index contributed by atoms with van der Waals surface area (Å²) < 4.78 is 5.16. The number of hydrogen-bond donors (Lipinski definition) is 0. The van der Waals surface area contributed by atoms with Gasteiger partial charge in [0.15, 0.2) is 0 Å². The molecule has 222 valence electrons. The van der Waals surface area contributed by atoms with Crippen molar-refractivity contribution in [1.29, 1.82) is 0 Å². The monoisotopic (exact) mass is 666 g/mol. The summed E-state index contributed by atoms with van der Waals surface area (Å²) >= 11 is 15.2. The van der Waals surface area contributed by atoms with Crippen molar-refractivity contribution in [3.05, 3.63) is 137 Å². The van der Waals surface area contributed by atoms with E-state index >= 15 is 0 Å². The topological polar surface area (TPSA) is 69.8 Å². The van der Waals surface area contributed by atoms with Gasteiger partial charge < -0.3 is 0 Å². The summed E-state index contributed by atoms with van der Waals surface area (Å²) in [5.74, 6) is 0. The number of fused-ring (bicyclic) bond motifs is 6. The van der Waals surface area contributed by atoms with Gasteiger partial charge >= 0.3 is 0 Å². The number of halogens is 2. The van der Waals surface area contributed by atoms with Crippen LogP contribution in [-0.2, 0) is 0 Å². The van der Waals surface area contributed by atoms with Crippen molar-refractivity contribution in [1.82, 2.24) is 19.6 Å². The van der Waals surface area contributed by atoms with Gasteiger partial charge in [0.05, 0.1) is 22.5 Å². The van der Waals surface area contributed by atoms with Gasteiger partial charge in [0.25, 0.3) is 11.1 Å². The molecule has 4 aliphatic heterocycles. The lowest BCUT2D eigenvalue weighted by molar-refractivity contribution is 0.859. The summed E-state index contributed by atoms with van der Waals surface area (Å²) in [6.45, 7) is 5.98. The van der Waals surface area contributed by atoms with Crippen LogP contribution in [0.4, 0.5) is 0 Å². The molecule has 45 heavy (non-hydrogen) atoms. The van der Waals surface area contributed by atoms with Crippen molar-refractivity contribution < 1.29 is 0 Å². The molecule has 8 rings (SSSR count). The maximum atomic E-state index is 12.8. The largest absolute Gasteiger partial charge is 0.282 e. The van der Waals surface area contributed by atoms with E-state index in [0.29, 0.717) is 26.9 Å². The van der Waals surface area contributed by atoms with Crippen molar-refractivity contribution in [2.75, 3.05) is 0 Å². The summed E-state index contributed by atoms with van der Waals surface area (Å²) in [6.07, 6.45) is 0. The fourth-order valence-corrected chi connectivity index (χ4v) is 7.82. The van der Waals surface area contributed by atoms with E-state index in [4.69, 9.17) is 23.2 Å². The minimum Gasteiger partial charge on any atom is -0.267 e. The molecule has 0 spiro atoms. The smallest absolute Gasteiger partial charge is 0.267 e. The van der Waals surface area contributed by atoms with E-state index in [2.05, 4.69) is 34.5 Å². The molecule has 4 aliphatic rings. The van der Waals surface area contributed by atoms with Gasteiger partial charge in [-0.25, -0.2) is 0 Å². The van der Waals surface area contributed by atoms with Gasteiger partial charge in [-0.1, -0.05) is 59.1 Å². The van der Waals surface area contributed by atoms with E-state index < -0.39 is 0 Å². The van der Waals surface area contributed by atoms with Crippen LogP contribution in [0.15, 0.2) is 101 Å². The van der Waals surface area contributed by atoms with Crippen molar-refractivity contribution in [2.45, 2.75) is 20.8 Å². The second-order valence-electron chi connectivity index (χ2n) is 10.6. The number of benzene rings is 4. The second kappa shape index (κ2) is 11.5. The molecule has 0 amide bonds. The van der Waals surface area contributed by atoms with Crippen LogP contribution in [0.1, 0.15) is 15.3 Å². The minimum atomic E-state index is -0.100. The summed E-state index contributed by atoms with van der Waals surface area (Å²) in [7, 11) is 0. The maximum absolute atomic E-state index is 12.8. The Morgan fingerprint density at radius 3 is 1.84 bits per heavy atom. The Balaban J connectivity index is 0.000000145. The Hall–Kier alpha value is -4.34. The zero-order valence-electron chi connectivity index (χ0n) is 24.3. The molecule has 0 bridgehead atoms. The Morgan fingerprint density at radius 1 is 0.578 bits per heavy atom. The highest BCUT2D eigenvalue weighted by molar-refractivity contribution is 7.19. The molecule has 0 radical (unpaired) electrons. The highest BCUT2D eigenvalue weighted by Gasteiger charge is 2.23. The summed E-state index contributed by atoms with van der Waals surface area (Å²) in [5, 5.41) is 12.4. The van der Waals surface area contributed by atoms with Gasteiger partial charge in [0, 0.05) is 40.0 Å². The Morgan fingerprint density at radius 2 is 1.18 bits per heavy atom. The summed E-state index contributed by atoms with van der Waals surface area (Å²) in [5.41, 5.74) is 5.27. The SMILES string of the molecule is Cc1ccc2sc(C)c3c(=O)n(-c4ccc(Cl)cc4)nc-3c2c1.Cc1sc2ccccc2c2nn(-c3cccc(Cl)c3)c(=O)c1-2. The Kier molecular flexibility index (Phi) is 7.54. The van der Waals surface area contributed by atoms with Crippen molar-refractivity contribution in [3.8, 4) is 33.9 Å². The molecular weight excluding hydrogens is 643 g/mol. The van der Waals surface area contributed by atoms with E-state index in [0.717, 1.165) is 52.6 Å². The molecule has 0 saturated carbocycles. The molecule has 4 aromatic rings. The number of aryl methyl sites for hydroxylation is 3. The fraction of sp³-hybridized carbons (Fsp3) is 0.0857. The van der Waals surface area contributed by atoms with E-state index in [1.165, 1.54) is 9.36 Å². The van der Waals surface area contributed by atoms with E-state index in [1.54, 1.807) is 46.9 Å². The predicted molar refractivity (Wildman–Crippen MR) is 188 cm³/mol. The number of rotatable bonds is 2. The zero-order valence-corrected chi connectivity index (χ0v) is 27.5. The van der Waals surface area contributed by atoms with E-state index in [1.807, 2.05) is 63.2 Å². The first-order valence-electron chi connectivity index (χ1n) is 14.1. The highest BCUT2D eigenvalue weighted by Crippen LogP contribution is 2.36. The maximum Gasteiger partial charge on any atom is 0.282 e. The third kappa shape index (κ3) is 5.23. The molecule has 0 unspecified atom stereocenters. The summed E-state index contributed by atoms with van der Waals surface area (Å²) in [6, 6.07) is 28.6. The average Bonchev–Trinajstić information content (AvgIpc) is 3.57. The quantitative estimate of drug-likeness (QED) is 0.184. The first-order valence-corrected chi connectivity index (χ1v) is 16.4. The van der Waals surface area contributed by atoms with Crippen LogP contribution in [0, 0.1) is 20.8 Å². The highest BCUT2D eigenvalue weighted by atomic mass is 35.5. The normalized spacial score (nSPS) is 11.4.